The van der Waals surface area contributed by atoms with Crippen molar-refractivity contribution in [2.24, 2.45) is 0 Å². The van der Waals surface area contributed by atoms with Crippen LogP contribution >= 0.6 is 45.8 Å². The van der Waals surface area contributed by atoms with E-state index < -0.39 is 41.6 Å². The first-order valence-electron chi connectivity index (χ1n) is 43.5. The molecule has 0 unspecified atom stereocenters. The molecule has 3 fully saturated rings. The lowest BCUT2D eigenvalue weighted by Gasteiger charge is -2.31. The monoisotopic (exact) mass is 1860 g/mol. The van der Waals surface area contributed by atoms with E-state index in [0.717, 1.165) is 121 Å². The number of halogens is 5. The van der Waals surface area contributed by atoms with Crippen LogP contribution in [0, 0.1) is 15.3 Å². The molecule has 668 valence electrons. The number of allylic oxidation sites excluding steroid dienone is 4. The van der Waals surface area contributed by atoms with Crippen LogP contribution in [0.3, 0.4) is 0 Å². The van der Waals surface area contributed by atoms with Crippen molar-refractivity contribution in [2.75, 3.05) is 43.4 Å². The Morgan fingerprint density at radius 2 is 0.895 bits per heavy atom. The molecule has 10 aliphatic rings. The van der Waals surface area contributed by atoms with Gasteiger partial charge >= 0.3 is 37.5 Å². The van der Waals surface area contributed by atoms with Crippen molar-refractivity contribution in [2.45, 2.75) is 278 Å². The molecule has 5 aliphatic heterocycles. The minimum atomic E-state index is -1.20. The lowest BCUT2D eigenvalue weighted by atomic mass is 9.79. The molecule has 3 saturated carbocycles. The summed E-state index contributed by atoms with van der Waals surface area (Å²) in [5.41, 5.74) is 12.5. The lowest BCUT2D eigenvalue weighted by molar-refractivity contribution is 0.0188. The quantitative estimate of drug-likeness (QED) is 0.0536. The highest BCUT2D eigenvalue weighted by Gasteiger charge is 2.35. The highest BCUT2D eigenvalue weighted by atomic mass is 127. The molecule has 18 rings (SSSR count). The molecule has 34 heteroatoms. The maximum atomic E-state index is 13.2. The molecule has 3 aromatic carbocycles. The summed E-state index contributed by atoms with van der Waals surface area (Å²) in [4.78, 5) is 90.2. The van der Waals surface area contributed by atoms with Crippen molar-refractivity contribution in [3.05, 3.63) is 193 Å². The van der Waals surface area contributed by atoms with Gasteiger partial charge in [0, 0.05) is 101 Å². The number of anilines is 2. The molecular weight excluding hydrogens is 1740 g/mol. The van der Waals surface area contributed by atoms with Gasteiger partial charge in [0.2, 0.25) is 0 Å². The second-order valence-electron chi connectivity index (χ2n) is 35.6. The van der Waals surface area contributed by atoms with Gasteiger partial charge in [0.05, 0.1) is 119 Å². The van der Waals surface area contributed by atoms with Crippen LogP contribution in [0.2, 0.25) is 10.0 Å². The Kier molecular flexibility index (Phi) is 32.7. The maximum absolute atomic E-state index is 13.2. The Labute approximate surface area is 749 Å². The van der Waals surface area contributed by atoms with Gasteiger partial charge in [0.15, 0.2) is 0 Å². The van der Waals surface area contributed by atoms with Crippen molar-refractivity contribution in [3.8, 4) is 5.75 Å². The lowest BCUT2D eigenvalue weighted by Crippen LogP contribution is -2.41. The fourth-order valence-corrected chi connectivity index (χ4v) is 17.6. The zero-order valence-corrected chi connectivity index (χ0v) is 76.4. The van der Waals surface area contributed by atoms with Crippen molar-refractivity contribution in [1.29, 1.82) is 0 Å². The number of carbonyl (C=O) groups is 5. The number of aromatic nitrogens is 10. The Hall–Kier alpha value is -9.35. The average molecular weight is 1860 g/mol. The number of para-hydroxylation sites is 1. The highest BCUT2D eigenvalue weighted by Crippen LogP contribution is 2.40. The van der Waals surface area contributed by atoms with E-state index in [1.165, 1.54) is 148 Å². The molecule has 0 radical (unpaired) electrons. The first-order valence-corrected chi connectivity index (χ1v) is 45.3. The topological polar surface area (TPSA) is 301 Å². The molecule has 0 saturated heterocycles. The Morgan fingerprint density at radius 3 is 1.35 bits per heavy atom. The SMILES string of the molecule is CC(C)(C)OC(=O)N1CCn2cnc(C3=CCCC3)c2C1.CC(C)(C)OC(=O)N1CCn2cnc(C3CCCC3)c2C1.CC(C)(C)OC(=O)N1CCn2cnc(I)c2C1.O=C(Nc1ccc(F)c(Cl)c1)N1CCn2cnc(C3CCCC3)c2C1.O=C(Nc1ccc(F)c(Cl)c1)Oc1ccccc1.OB(O)C1=CCCC1.c1nc(C2CCCC2)c2n1CCNC2. The van der Waals surface area contributed by atoms with Gasteiger partial charge in [-0.25, -0.2) is 57.7 Å². The highest BCUT2D eigenvalue weighted by molar-refractivity contribution is 14.1. The third-order valence-corrected chi connectivity index (χ3v) is 24.4. The van der Waals surface area contributed by atoms with Gasteiger partial charge in [-0.3, -0.25) is 5.32 Å². The van der Waals surface area contributed by atoms with Crippen LogP contribution < -0.4 is 20.7 Å². The van der Waals surface area contributed by atoms with Gasteiger partial charge in [0.1, 0.15) is 37.9 Å². The van der Waals surface area contributed by atoms with E-state index in [2.05, 4.69) is 92.4 Å². The fourth-order valence-electron chi connectivity index (χ4n) is 16.7. The van der Waals surface area contributed by atoms with E-state index in [0.29, 0.717) is 81.3 Å². The number of hydrogen-bond acceptors (Lipinski definition) is 17. The second-order valence-corrected chi connectivity index (χ2v) is 37.5. The Morgan fingerprint density at radius 1 is 0.484 bits per heavy atom. The maximum Gasteiger partial charge on any atom is 0.483 e. The standard InChI is InChI=1S/C18H20ClFN4O.C16H25N3O2.C16H23N3O2.C13H9ClFNO2.C11H16IN3O2.C11H17N3.C5H9BO2/c19-14-9-13(5-6-15(14)20)22-18(25)23-7-8-24-11-21-17(16(24)10-23)12-3-1-2-4-12;2*1-16(2,3)21-15(20)18-8-9-19-11-17-14(13(19)10-18)12-6-4-5-7-12;14-11-8-9(6-7-12(11)15)16-13(17)18-10-4-2-1-3-5-10;1-11(2,3)17-10(16)14-4-5-15-7-13-9(12)8(15)6-14;1-2-4-9(3-1)11-10-7-12-5-6-14(10)8-13-11;7-6(8)5-3-1-2-4-5/h5-6,9,11-12H,1-4,7-8,10H2,(H,22,25);11-12H,4-10H2,1-3H3;6,11H,4-5,7-10H2,1-3H3;1-8H,(H,16,17);7H,4-6H2,1-3H3;8-9,12H,1-7H2;3,7-8H,1-2,4H2. The van der Waals surface area contributed by atoms with E-state index in [9.17, 15) is 32.8 Å². The van der Waals surface area contributed by atoms with Gasteiger partial charge in [-0.15, -0.1) is 0 Å². The van der Waals surface area contributed by atoms with E-state index in [1.807, 2.05) is 106 Å². The summed E-state index contributed by atoms with van der Waals surface area (Å²) in [5.74, 6) is 1.24. The summed E-state index contributed by atoms with van der Waals surface area (Å²) < 4.78 is 59.4. The van der Waals surface area contributed by atoms with Crippen LogP contribution in [0.5, 0.6) is 5.75 Å². The van der Waals surface area contributed by atoms with E-state index >= 15 is 0 Å². The van der Waals surface area contributed by atoms with Crippen LogP contribution in [-0.4, -0.2) is 164 Å². The van der Waals surface area contributed by atoms with Crippen LogP contribution in [0.25, 0.3) is 5.57 Å². The fraction of sp³-hybridized carbons (Fsp3) is 0.533. The largest absolute Gasteiger partial charge is 0.483 e. The normalized spacial score (nSPS) is 17.3. The molecule has 0 bridgehead atoms. The number of amides is 6. The summed E-state index contributed by atoms with van der Waals surface area (Å²) in [7, 11) is -1.20. The van der Waals surface area contributed by atoms with Gasteiger partial charge in [-0.2, -0.15) is 0 Å². The summed E-state index contributed by atoms with van der Waals surface area (Å²) in [5, 5.41) is 25.7. The number of rotatable bonds is 8. The third kappa shape index (κ3) is 26.4. The van der Waals surface area contributed by atoms with Crippen LogP contribution in [-0.2, 0) is 79.7 Å². The second kappa shape index (κ2) is 43.2. The number of benzene rings is 3. The zero-order valence-electron chi connectivity index (χ0n) is 72.8. The third-order valence-electron chi connectivity index (χ3n) is 22.9. The van der Waals surface area contributed by atoms with Crippen molar-refractivity contribution in [3.63, 3.8) is 0 Å². The number of imidazole rings is 5. The van der Waals surface area contributed by atoms with E-state index in [4.69, 9.17) is 52.2 Å². The predicted molar refractivity (Wildman–Crippen MR) is 481 cm³/mol. The van der Waals surface area contributed by atoms with Crippen LogP contribution in [0.15, 0.2) is 116 Å². The summed E-state index contributed by atoms with van der Waals surface area (Å²) in [6.07, 6.45) is 34.2. The molecule has 8 aromatic rings. The van der Waals surface area contributed by atoms with E-state index in [1.54, 1.807) is 43.9 Å². The number of fused-ring (bicyclic) bond motifs is 5. The molecular formula is C90H119BCl2F2IN17O11. The Bertz CT molecular complexity index is 5010. The molecule has 28 nitrogen and oxygen atoms in total. The molecule has 5 aliphatic carbocycles. The van der Waals surface area contributed by atoms with Gasteiger partial charge in [-0.1, -0.05) is 92.1 Å². The van der Waals surface area contributed by atoms with Crippen molar-refractivity contribution in [1.82, 2.24) is 72.7 Å². The minimum absolute atomic E-state index is 0.00181. The molecule has 6 amide bonds. The van der Waals surface area contributed by atoms with Gasteiger partial charge in [0.25, 0.3) is 0 Å². The molecule has 0 spiro atoms. The number of nitrogens with one attached hydrogen (secondary N) is 3. The number of hydrogen-bond donors (Lipinski definition) is 5. The molecule has 5 aromatic heterocycles. The summed E-state index contributed by atoms with van der Waals surface area (Å²) >= 11 is 13.6. The zero-order chi connectivity index (χ0) is 88.4. The van der Waals surface area contributed by atoms with Crippen LogP contribution in [0.1, 0.15) is 247 Å². The number of carbonyl (C=O) groups excluding carboxylic acids is 5. The predicted octanol–water partition coefficient (Wildman–Crippen LogP) is 19.0. The first kappa shape index (κ1) is 93.8. The van der Waals surface area contributed by atoms with Gasteiger partial charge < -0.3 is 82.1 Å². The molecule has 10 heterocycles. The average Bonchev–Trinajstić information content (AvgIpc) is 1.65. The van der Waals surface area contributed by atoms with Crippen molar-refractivity contribution >= 4 is 100 Å². The number of urea groups is 1. The first-order chi connectivity index (χ1) is 59.3. The Balaban J connectivity index is 0.000000134. The molecule has 0 atom stereocenters. The van der Waals surface area contributed by atoms with E-state index in [-0.39, 0.29) is 34.4 Å². The van der Waals surface area contributed by atoms with Crippen LogP contribution in [0.4, 0.5) is 44.1 Å². The summed E-state index contributed by atoms with van der Waals surface area (Å²) in [6, 6.07) is 16.5. The number of nitrogens with zero attached hydrogens (tertiary/aromatic N) is 14. The summed E-state index contributed by atoms with van der Waals surface area (Å²) in [6.45, 7) is 28.4. The van der Waals surface area contributed by atoms with Crippen molar-refractivity contribution < 1.29 is 61.7 Å². The van der Waals surface area contributed by atoms with Gasteiger partial charge in [-0.05, 0) is 222 Å². The minimum Gasteiger partial charge on any atom is -0.444 e. The number of ether oxygens (including phenoxy) is 4. The molecule has 124 heavy (non-hydrogen) atoms. The molecule has 5 N–H and O–H groups in total. The smallest absolute Gasteiger partial charge is 0.444 e.